The fourth-order valence-corrected chi connectivity index (χ4v) is 0.316. The Labute approximate surface area is 66.6 Å². The van der Waals surface area contributed by atoms with Gasteiger partial charge in [-0.2, -0.15) is 5.98 Å². The first-order chi connectivity index (χ1) is 3.81. The Kier molecular flexibility index (Phi) is 2.62. The highest BCUT2D eigenvalue weighted by Gasteiger charge is 2.30. The van der Waals surface area contributed by atoms with Gasteiger partial charge in [-0.15, -0.1) is 6.58 Å². The molecule has 0 atom stereocenters. The molecule has 0 heterocycles. The lowest BCUT2D eigenvalue weighted by atomic mass is 9.85. The highest BCUT2D eigenvalue weighted by molar-refractivity contribution is 7.44. The molecule has 0 aliphatic rings. The molecule has 9 heavy (non-hydrogen) atoms. The second-order valence-electron chi connectivity index (χ2n) is 3.03. The van der Waals surface area contributed by atoms with E-state index in [2.05, 4.69) is 6.58 Å². The van der Waals surface area contributed by atoms with Crippen LogP contribution in [0.5, 0.6) is 0 Å². The Morgan fingerprint density at radius 1 is 1.33 bits per heavy atom. The van der Waals surface area contributed by atoms with E-state index < -0.39 is 5.11 Å². The molecule has 0 saturated carbocycles. The van der Waals surface area contributed by atoms with Crippen LogP contribution in [-0.2, 0) is 0 Å². The maximum atomic E-state index is 5.88. The van der Waals surface area contributed by atoms with Gasteiger partial charge in [-0.1, -0.05) is 0 Å². The zero-order chi connectivity index (χ0) is 7.71. The van der Waals surface area contributed by atoms with Crippen LogP contribution in [0.4, 0.5) is 0 Å². The van der Waals surface area contributed by atoms with Crippen molar-refractivity contribution in [1.29, 1.82) is 0 Å². The molecule has 0 aliphatic heterocycles. The molecule has 0 aliphatic carbocycles. The Morgan fingerprint density at radius 3 is 1.67 bits per heavy atom. The summed E-state index contributed by atoms with van der Waals surface area (Å²) in [5, 5.41) is -1.49. The minimum absolute atomic E-state index is 0.520. The summed E-state index contributed by atoms with van der Waals surface area (Å²) in [5.74, 6) is 1.59. The van der Waals surface area contributed by atoms with E-state index in [1.165, 1.54) is 0 Å². The molecular weight excluding hydrogens is 156 g/mol. The molecule has 54 valence electrons. The summed E-state index contributed by atoms with van der Waals surface area (Å²) in [6, 6.07) is 0. The average Bonchev–Trinajstić information content (AvgIpc) is 1.64. The van der Waals surface area contributed by atoms with E-state index in [9.17, 15) is 0 Å². The molecule has 0 aromatic heterocycles. The average molecular weight is 168 g/mol. The highest BCUT2D eigenvalue weighted by atomic mass is 35.5. The number of hydrogen-bond acceptors (Lipinski definition) is 0. The normalized spacial score (nSPS) is 13.4. The quantitative estimate of drug-likeness (QED) is 0.551. The van der Waals surface area contributed by atoms with Crippen LogP contribution in [0.1, 0.15) is 0 Å². The monoisotopic (exact) mass is 167 g/mol. The summed E-state index contributed by atoms with van der Waals surface area (Å²) in [6.45, 7) is 3.55. The molecule has 0 spiro atoms. The van der Waals surface area contributed by atoms with Crippen molar-refractivity contribution in [3.63, 3.8) is 0 Å². The third kappa shape index (κ3) is 2.20. The molecule has 0 aromatic rings. The van der Waals surface area contributed by atoms with Crippen LogP contribution in [0.3, 0.4) is 0 Å². The van der Waals surface area contributed by atoms with E-state index in [-0.39, 0.29) is 0 Å². The van der Waals surface area contributed by atoms with Crippen LogP contribution < -0.4 is 0 Å². The van der Waals surface area contributed by atoms with Gasteiger partial charge < -0.3 is 4.39 Å². The molecule has 0 amide bonds. The van der Waals surface area contributed by atoms with Crippen molar-refractivity contribution in [2.75, 3.05) is 21.1 Å². The Bertz CT molecular complexity index is 117. The van der Waals surface area contributed by atoms with Gasteiger partial charge in [-0.25, -0.2) is 0 Å². The van der Waals surface area contributed by atoms with Gasteiger partial charge in [-0.05, 0) is 0 Å². The molecule has 0 rings (SSSR count). The number of hydrogen-bond donors (Lipinski definition) is 0. The summed E-state index contributed by atoms with van der Waals surface area (Å²) < 4.78 is 0.520. The maximum absolute atomic E-state index is 5.88. The van der Waals surface area contributed by atoms with Crippen molar-refractivity contribution >= 4 is 28.0 Å². The van der Waals surface area contributed by atoms with Crippen molar-refractivity contribution < 1.29 is 4.39 Å². The minimum Gasteiger partial charge on any atom is -0.492 e. The van der Waals surface area contributed by atoms with Gasteiger partial charge in [0.25, 0.3) is 0 Å². The Hall–Kier alpha value is 0.345. The van der Waals surface area contributed by atoms with Crippen LogP contribution in [-0.4, -0.2) is 30.6 Å². The van der Waals surface area contributed by atoms with Crippen LogP contribution in [0.15, 0.2) is 12.6 Å². The van der Waals surface area contributed by atoms with Crippen LogP contribution in [0.2, 0.25) is 0 Å². The molecule has 0 N–H and O–H groups in total. The Morgan fingerprint density at radius 2 is 1.67 bits per heavy atom. The molecule has 1 nitrogen and oxygen atoms in total. The number of nitrogens with zero attached hydrogens (tertiary/aromatic N) is 1. The van der Waals surface area contributed by atoms with Gasteiger partial charge in [0.05, 0.1) is 0 Å². The van der Waals surface area contributed by atoms with Gasteiger partial charge in [0, 0.05) is 21.1 Å². The van der Waals surface area contributed by atoms with Crippen LogP contribution in [0.25, 0.3) is 0 Å². The lowest BCUT2D eigenvalue weighted by molar-refractivity contribution is -0.760. The maximum Gasteiger partial charge on any atom is 0.396 e. The van der Waals surface area contributed by atoms with Crippen molar-refractivity contribution in [1.82, 2.24) is 0 Å². The van der Waals surface area contributed by atoms with Crippen molar-refractivity contribution in [2.45, 2.75) is 0 Å². The summed E-state index contributed by atoms with van der Waals surface area (Å²) in [6.07, 6.45) is 0. The lowest BCUT2D eigenvalue weighted by Gasteiger charge is -2.43. The van der Waals surface area contributed by atoms with E-state index >= 15 is 0 Å². The van der Waals surface area contributed by atoms with E-state index in [1.807, 2.05) is 21.1 Å². The molecule has 0 saturated heterocycles. The van der Waals surface area contributed by atoms with Gasteiger partial charge in [0.1, 0.15) is 0 Å². The van der Waals surface area contributed by atoms with Crippen LogP contribution >= 0.6 is 22.9 Å². The van der Waals surface area contributed by atoms with E-state index in [0.29, 0.717) is 4.39 Å². The third-order valence-corrected chi connectivity index (χ3v) is 2.84. The first-order valence-electron chi connectivity index (χ1n) is 2.78. The topological polar surface area (TPSA) is 0 Å². The summed E-state index contributed by atoms with van der Waals surface area (Å²) in [7, 11) is 5.80. The van der Waals surface area contributed by atoms with E-state index in [4.69, 9.17) is 22.9 Å². The lowest BCUT2D eigenvalue weighted by Crippen LogP contribution is -2.52. The van der Waals surface area contributed by atoms with Crippen molar-refractivity contribution in [2.24, 2.45) is 0 Å². The SMILES string of the molecule is C=C[B-](Cl)(Cl)[N+](C)(C)C. The zero-order valence-electron chi connectivity index (χ0n) is 6.06. The molecule has 0 fully saturated rings. The highest BCUT2D eigenvalue weighted by Crippen LogP contribution is 2.23. The molecular formula is C5H12BCl2N. The van der Waals surface area contributed by atoms with Gasteiger partial charge in [0.2, 0.25) is 0 Å². The second kappa shape index (κ2) is 2.53. The molecule has 0 radical (unpaired) electrons. The van der Waals surface area contributed by atoms with E-state index in [1.54, 1.807) is 5.98 Å². The predicted octanol–water partition coefficient (Wildman–Crippen LogP) is 1.83. The fourth-order valence-electron chi connectivity index (χ4n) is 0.316. The summed E-state index contributed by atoms with van der Waals surface area (Å²) >= 11 is 11.8. The smallest absolute Gasteiger partial charge is 0.396 e. The second-order valence-corrected chi connectivity index (χ2v) is 4.58. The van der Waals surface area contributed by atoms with Gasteiger partial charge in [0.15, 0.2) is 0 Å². The minimum atomic E-state index is -1.49. The first kappa shape index (κ1) is 9.34. The van der Waals surface area contributed by atoms with Gasteiger partial charge >= 0.3 is 5.11 Å². The number of rotatable bonds is 2. The molecule has 0 bridgehead atoms. The number of halogens is 2. The van der Waals surface area contributed by atoms with E-state index in [0.717, 1.165) is 0 Å². The van der Waals surface area contributed by atoms with Crippen molar-refractivity contribution in [3.05, 3.63) is 12.6 Å². The Balaban J connectivity index is 4.32. The third-order valence-electron chi connectivity index (χ3n) is 1.32. The predicted molar refractivity (Wildman–Crippen MR) is 45.7 cm³/mol. The largest absolute Gasteiger partial charge is 0.492 e. The number of quaternary nitrogens is 1. The summed E-state index contributed by atoms with van der Waals surface area (Å²) in [4.78, 5) is 0. The zero-order valence-corrected chi connectivity index (χ0v) is 7.58. The first-order valence-corrected chi connectivity index (χ1v) is 3.65. The van der Waals surface area contributed by atoms with Crippen LogP contribution in [0, 0.1) is 0 Å². The fraction of sp³-hybridized carbons (Fsp3) is 0.600. The standard InChI is InChI=1S/C5H12BCl2N/c1-5-6(7,8)9(2,3)4/h5H,1H2,2-4H3. The van der Waals surface area contributed by atoms with Gasteiger partial charge in [-0.3, -0.25) is 22.9 Å². The molecule has 0 unspecified atom stereocenters. The molecule has 4 heteroatoms. The summed E-state index contributed by atoms with van der Waals surface area (Å²) in [5.41, 5.74) is 0. The van der Waals surface area contributed by atoms with Crippen molar-refractivity contribution in [3.8, 4) is 0 Å². The molecule has 0 aromatic carbocycles.